The maximum absolute atomic E-state index is 5.88. The highest BCUT2D eigenvalue weighted by Gasteiger charge is 2.06. The summed E-state index contributed by atoms with van der Waals surface area (Å²) in [6.45, 7) is 0. The number of methoxy groups -OCH3 is 1. The number of benzene rings is 2. The van der Waals surface area contributed by atoms with Crippen molar-refractivity contribution in [3.8, 4) is 17.2 Å². The van der Waals surface area contributed by atoms with Gasteiger partial charge >= 0.3 is 0 Å². The number of anilines is 1. The SMILES string of the molecule is COc1cc(N)ccc1Oc1cccc(Cl)c1. The number of halogens is 1. The van der Waals surface area contributed by atoms with Crippen molar-refractivity contribution < 1.29 is 9.47 Å². The number of hydrogen-bond acceptors (Lipinski definition) is 3. The first-order chi connectivity index (χ1) is 8.19. The third-order valence-corrected chi connectivity index (χ3v) is 2.45. The molecule has 4 heteroatoms. The standard InChI is InChI=1S/C13H12ClNO2/c1-16-13-8-10(15)5-6-12(13)17-11-4-2-3-9(14)7-11/h2-8H,15H2,1H3. The van der Waals surface area contributed by atoms with Crippen molar-refractivity contribution in [1.29, 1.82) is 0 Å². The Morgan fingerprint density at radius 2 is 1.88 bits per heavy atom. The van der Waals surface area contributed by atoms with Gasteiger partial charge in [-0.2, -0.15) is 0 Å². The van der Waals surface area contributed by atoms with Crippen LogP contribution < -0.4 is 15.2 Å². The fourth-order valence-electron chi connectivity index (χ4n) is 1.43. The summed E-state index contributed by atoms with van der Waals surface area (Å²) < 4.78 is 10.9. The van der Waals surface area contributed by atoms with E-state index in [1.807, 2.05) is 12.1 Å². The molecule has 0 heterocycles. The van der Waals surface area contributed by atoms with Crippen molar-refractivity contribution in [3.63, 3.8) is 0 Å². The van der Waals surface area contributed by atoms with E-state index in [2.05, 4.69) is 0 Å². The summed E-state index contributed by atoms with van der Waals surface area (Å²) in [5, 5.41) is 0.622. The predicted octanol–water partition coefficient (Wildman–Crippen LogP) is 3.72. The molecule has 0 fully saturated rings. The maximum Gasteiger partial charge on any atom is 0.169 e. The first-order valence-corrected chi connectivity index (χ1v) is 5.44. The number of ether oxygens (including phenoxy) is 2. The van der Waals surface area contributed by atoms with Crippen LogP contribution >= 0.6 is 11.6 Å². The molecule has 0 bridgehead atoms. The summed E-state index contributed by atoms with van der Waals surface area (Å²) in [5.74, 6) is 1.84. The summed E-state index contributed by atoms with van der Waals surface area (Å²) in [5.41, 5.74) is 6.29. The summed E-state index contributed by atoms with van der Waals surface area (Å²) >= 11 is 5.88. The van der Waals surface area contributed by atoms with Gasteiger partial charge in [-0.15, -0.1) is 0 Å². The molecule has 0 spiro atoms. The van der Waals surface area contributed by atoms with Crippen LogP contribution in [0.15, 0.2) is 42.5 Å². The first kappa shape index (κ1) is 11.6. The van der Waals surface area contributed by atoms with Crippen LogP contribution in [0.4, 0.5) is 5.69 Å². The van der Waals surface area contributed by atoms with Gasteiger partial charge in [-0.3, -0.25) is 0 Å². The van der Waals surface area contributed by atoms with E-state index in [-0.39, 0.29) is 0 Å². The van der Waals surface area contributed by atoms with E-state index in [1.165, 1.54) is 0 Å². The van der Waals surface area contributed by atoms with Crippen molar-refractivity contribution in [1.82, 2.24) is 0 Å². The molecule has 0 atom stereocenters. The topological polar surface area (TPSA) is 44.5 Å². The van der Waals surface area contributed by atoms with Gasteiger partial charge in [-0.1, -0.05) is 17.7 Å². The lowest BCUT2D eigenvalue weighted by Gasteiger charge is -2.10. The largest absolute Gasteiger partial charge is 0.493 e. The van der Waals surface area contributed by atoms with Crippen LogP contribution in [-0.2, 0) is 0 Å². The van der Waals surface area contributed by atoms with Gasteiger partial charge in [-0.05, 0) is 30.3 Å². The minimum Gasteiger partial charge on any atom is -0.493 e. The van der Waals surface area contributed by atoms with Crippen LogP contribution in [0, 0.1) is 0 Å². The molecule has 88 valence electrons. The Labute approximate surface area is 105 Å². The molecule has 2 rings (SSSR count). The van der Waals surface area contributed by atoms with Gasteiger partial charge < -0.3 is 15.2 Å². The summed E-state index contributed by atoms with van der Waals surface area (Å²) in [6, 6.07) is 12.4. The molecule has 0 aliphatic heterocycles. The third-order valence-electron chi connectivity index (χ3n) is 2.21. The molecule has 0 aromatic heterocycles. The Kier molecular flexibility index (Phi) is 3.40. The fraction of sp³-hybridized carbons (Fsp3) is 0.0769. The van der Waals surface area contributed by atoms with Crippen LogP contribution in [0.2, 0.25) is 5.02 Å². The van der Waals surface area contributed by atoms with E-state index in [9.17, 15) is 0 Å². The van der Waals surface area contributed by atoms with Gasteiger partial charge in [0.25, 0.3) is 0 Å². The van der Waals surface area contributed by atoms with E-state index in [0.717, 1.165) is 0 Å². The van der Waals surface area contributed by atoms with Crippen molar-refractivity contribution in [2.45, 2.75) is 0 Å². The quantitative estimate of drug-likeness (QED) is 0.843. The molecule has 17 heavy (non-hydrogen) atoms. The molecular weight excluding hydrogens is 238 g/mol. The van der Waals surface area contributed by atoms with Crippen molar-refractivity contribution >= 4 is 17.3 Å². The first-order valence-electron chi connectivity index (χ1n) is 5.06. The second-order valence-corrected chi connectivity index (χ2v) is 3.91. The lowest BCUT2D eigenvalue weighted by atomic mass is 10.3. The molecule has 2 N–H and O–H groups in total. The predicted molar refractivity (Wildman–Crippen MR) is 68.9 cm³/mol. The zero-order valence-corrected chi connectivity index (χ0v) is 10.1. The number of hydrogen-bond donors (Lipinski definition) is 1. The van der Waals surface area contributed by atoms with Crippen LogP contribution in [-0.4, -0.2) is 7.11 Å². The maximum atomic E-state index is 5.88. The second-order valence-electron chi connectivity index (χ2n) is 3.47. The molecule has 0 saturated heterocycles. The minimum absolute atomic E-state index is 0.588. The molecule has 0 aliphatic rings. The number of nitrogen functional groups attached to an aromatic ring is 1. The van der Waals surface area contributed by atoms with Gasteiger partial charge in [0.05, 0.1) is 7.11 Å². The highest BCUT2D eigenvalue weighted by molar-refractivity contribution is 6.30. The molecule has 0 saturated carbocycles. The molecule has 0 amide bonds. The molecule has 2 aromatic carbocycles. The normalized spacial score (nSPS) is 10.0. The fourth-order valence-corrected chi connectivity index (χ4v) is 1.61. The van der Waals surface area contributed by atoms with Gasteiger partial charge in [0.15, 0.2) is 11.5 Å². The number of rotatable bonds is 3. The van der Waals surface area contributed by atoms with Gasteiger partial charge in [0, 0.05) is 16.8 Å². The van der Waals surface area contributed by atoms with Crippen LogP contribution in [0.1, 0.15) is 0 Å². The highest BCUT2D eigenvalue weighted by atomic mass is 35.5. The monoisotopic (exact) mass is 249 g/mol. The van der Waals surface area contributed by atoms with E-state index in [0.29, 0.717) is 28.0 Å². The average molecular weight is 250 g/mol. The Morgan fingerprint density at radius 1 is 1.06 bits per heavy atom. The van der Waals surface area contributed by atoms with E-state index in [1.54, 1.807) is 37.4 Å². The smallest absolute Gasteiger partial charge is 0.169 e. The van der Waals surface area contributed by atoms with Crippen molar-refractivity contribution in [2.75, 3.05) is 12.8 Å². The van der Waals surface area contributed by atoms with E-state index in [4.69, 9.17) is 26.8 Å². The Bertz CT molecular complexity index is 529. The highest BCUT2D eigenvalue weighted by Crippen LogP contribution is 2.33. The van der Waals surface area contributed by atoms with Crippen LogP contribution in [0.25, 0.3) is 0 Å². The molecule has 0 unspecified atom stereocenters. The molecule has 2 aromatic rings. The second kappa shape index (κ2) is 4.97. The van der Waals surface area contributed by atoms with Crippen molar-refractivity contribution in [3.05, 3.63) is 47.5 Å². The minimum atomic E-state index is 0.588. The van der Waals surface area contributed by atoms with Crippen LogP contribution in [0.3, 0.4) is 0 Å². The van der Waals surface area contributed by atoms with Crippen LogP contribution in [0.5, 0.6) is 17.2 Å². The lowest BCUT2D eigenvalue weighted by Crippen LogP contribution is -1.92. The van der Waals surface area contributed by atoms with E-state index >= 15 is 0 Å². The summed E-state index contributed by atoms with van der Waals surface area (Å²) in [4.78, 5) is 0. The Balaban J connectivity index is 2.29. The molecule has 3 nitrogen and oxygen atoms in total. The van der Waals surface area contributed by atoms with Crippen molar-refractivity contribution in [2.24, 2.45) is 0 Å². The Morgan fingerprint density at radius 3 is 2.59 bits per heavy atom. The molecule has 0 radical (unpaired) electrons. The van der Waals surface area contributed by atoms with Gasteiger partial charge in [0.1, 0.15) is 5.75 Å². The lowest BCUT2D eigenvalue weighted by molar-refractivity contribution is 0.379. The Hall–Kier alpha value is -1.87. The average Bonchev–Trinajstić information content (AvgIpc) is 2.31. The zero-order valence-electron chi connectivity index (χ0n) is 9.31. The summed E-state index contributed by atoms with van der Waals surface area (Å²) in [6.07, 6.45) is 0. The molecular formula is C13H12ClNO2. The van der Waals surface area contributed by atoms with E-state index < -0.39 is 0 Å². The van der Waals surface area contributed by atoms with Gasteiger partial charge in [0.2, 0.25) is 0 Å². The number of nitrogens with two attached hydrogens (primary N) is 1. The van der Waals surface area contributed by atoms with Gasteiger partial charge in [-0.25, -0.2) is 0 Å². The third kappa shape index (κ3) is 2.82. The summed E-state index contributed by atoms with van der Waals surface area (Å²) in [7, 11) is 1.57. The zero-order chi connectivity index (χ0) is 12.3. The molecule has 0 aliphatic carbocycles.